The lowest BCUT2D eigenvalue weighted by atomic mass is 9.77. The minimum absolute atomic E-state index is 0.0793. The number of unbranched alkanes of at least 4 members (excludes halogenated alkanes) is 9. The fourth-order valence-corrected chi connectivity index (χ4v) is 8.20. The number of aliphatic imine (C=N–C) groups is 1. The fraction of sp³-hybridized carbons (Fsp3) is 0.465. The van der Waals surface area contributed by atoms with Gasteiger partial charge in [0.2, 0.25) is 0 Å². The number of nitrogens with zero attached hydrogens (tertiary/aromatic N) is 2. The highest BCUT2D eigenvalue weighted by Gasteiger charge is 2.44. The molecule has 2 atom stereocenters. The number of anilines is 1. The summed E-state index contributed by atoms with van der Waals surface area (Å²) in [7, 11) is 0. The number of hydrogen-bond acceptors (Lipinski definition) is 3. The zero-order valence-electron chi connectivity index (χ0n) is 28.6. The third-order valence-corrected chi connectivity index (χ3v) is 10.9. The molecule has 0 spiro atoms. The molecule has 1 aromatic heterocycles. The average Bonchev–Trinajstić information content (AvgIpc) is 3.77. The first-order chi connectivity index (χ1) is 22.7. The molecule has 0 saturated carbocycles. The Morgan fingerprint density at radius 1 is 0.587 bits per heavy atom. The van der Waals surface area contributed by atoms with Crippen molar-refractivity contribution >= 4 is 22.9 Å². The van der Waals surface area contributed by atoms with Crippen LogP contribution in [-0.2, 0) is 19.3 Å². The number of benzene rings is 3. The van der Waals surface area contributed by atoms with E-state index in [0.717, 1.165) is 25.1 Å². The zero-order chi connectivity index (χ0) is 31.7. The molecule has 3 heteroatoms. The van der Waals surface area contributed by atoms with Crippen LogP contribution < -0.4 is 4.90 Å². The van der Waals surface area contributed by atoms with Crippen LogP contribution in [0.1, 0.15) is 143 Å². The number of rotatable bonds is 17. The SMILES string of the molecule is CCCCCCc1ccc(N2C(c3ccsc3)=NC3c4ccc(CCCCCC)cc4-c4cc(CCCCCC)ccc4C32)cc1. The maximum atomic E-state index is 5.60. The Bertz CT molecular complexity index is 1570. The highest BCUT2D eigenvalue weighted by molar-refractivity contribution is 7.08. The van der Waals surface area contributed by atoms with Crippen LogP contribution in [0.15, 0.2) is 82.5 Å². The van der Waals surface area contributed by atoms with Gasteiger partial charge in [0.1, 0.15) is 11.9 Å². The van der Waals surface area contributed by atoms with Crippen molar-refractivity contribution in [1.82, 2.24) is 0 Å². The van der Waals surface area contributed by atoms with Gasteiger partial charge in [-0.05, 0) is 101 Å². The number of thiophene rings is 1. The molecule has 242 valence electrons. The predicted molar refractivity (Wildman–Crippen MR) is 201 cm³/mol. The molecule has 2 heterocycles. The van der Waals surface area contributed by atoms with Gasteiger partial charge < -0.3 is 4.90 Å². The largest absolute Gasteiger partial charge is 0.316 e. The lowest BCUT2D eigenvalue weighted by Crippen LogP contribution is -2.33. The normalized spacial score (nSPS) is 16.7. The molecule has 4 aromatic rings. The molecule has 0 saturated heterocycles. The van der Waals surface area contributed by atoms with Gasteiger partial charge >= 0.3 is 0 Å². The molecule has 0 bridgehead atoms. The van der Waals surface area contributed by atoms with Gasteiger partial charge in [0.15, 0.2) is 0 Å². The van der Waals surface area contributed by atoms with E-state index in [1.165, 1.54) is 127 Å². The third-order valence-electron chi connectivity index (χ3n) is 10.2. The summed E-state index contributed by atoms with van der Waals surface area (Å²) in [5, 5.41) is 4.46. The number of hydrogen-bond donors (Lipinski definition) is 0. The van der Waals surface area contributed by atoms with E-state index < -0.39 is 0 Å². The van der Waals surface area contributed by atoms with E-state index in [2.05, 4.69) is 103 Å². The maximum Gasteiger partial charge on any atom is 0.137 e. The van der Waals surface area contributed by atoms with E-state index in [0.29, 0.717) is 0 Å². The van der Waals surface area contributed by atoms with Gasteiger partial charge in [0.25, 0.3) is 0 Å². The van der Waals surface area contributed by atoms with E-state index in [1.807, 2.05) is 0 Å². The lowest BCUT2D eigenvalue weighted by Gasteiger charge is -2.36. The van der Waals surface area contributed by atoms with Crippen LogP contribution in [0.3, 0.4) is 0 Å². The Hall–Kier alpha value is -3.17. The highest BCUT2D eigenvalue weighted by atomic mass is 32.1. The Kier molecular flexibility index (Phi) is 11.5. The monoisotopic (exact) mass is 630 g/mol. The van der Waals surface area contributed by atoms with Crippen molar-refractivity contribution in [2.24, 2.45) is 4.99 Å². The smallest absolute Gasteiger partial charge is 0.137 e. The molecule has 0 fully saturated rings. The fourth-order valence-electron chi connectivity index (χ4n) is 7.57. The van der Waals surface area contributed by atoms with Crippen LogP contribution in [0.4, 0.5) is 5.69 Å². The van der Waals surface area contributed by atoms with Crippen LogP contribution >= 0.6 is 11.3 Å². The first kappa shape index (κ1) is 32.8. The van der Waals surface area contributed by atoms with Crippen molar-refractivity contribution in [2.75, 3.05) is 4.90 Å². The topological polar surface area (TPSA) is 15.6 Å². The van der Waals surface area contributed by atoms with Crippen molar-refractivity contribution in [1.29, 1.82) is 0 Å². The lowest BCUT2D eigenvalue weighted by molar-refractivity contribution is 0.603. The molecule has 0 N–H and O–H groups in total. The van der Waals surface area contributed by atoms with Crippen LogP contribution in [0.5, 0.6) is 0 Å². The third kappa shape index (κ3) is 7.36. The minimum atomic E-state index is 0.0793. The highest BCUT2D eigenvalue weighted by Crippen LogP contribution is 2.54. The molecule has 46 heavy (non-hydrogen) atoms. The maximum absolute atomic E-state index is 5.60. The van der Waals surface area contributed by atoms with Gasteiger partial charge in [0, 0.05) is 16.6 Å². The zero-order valence-corrected chi connectivity index (χ0v) is 29.4. The van der Waals surface area contributed by atoms with Crippen LogP contribution in [0.25, 0.3) is 11.1 Å². The molecule has 3 aromatic carbocycles. The Labute approximate surface area is 283 Å². The molecule has 2 aliphatic rings. The van der Waals surface area contributed by atoms with E-state index in [9.17, 15) is 0 Å². The number of aryl methyl sites for hydroxylation is 3. The summed E-state index contributed by atoms with van der Waals surface area (Å²) >= 11 is 1.76. The van der Waals surface area contributed by atoms with Gasteiger partial charge in [0.05, 0.1) is 6.04 Å². The first-order valence-corrected chi connectivity index (χ1v) is 19.4. The molecule has 6 rings (SSSR count). The summed E-state index contributed by atoms with van der Waals surface area (Å²) in [6.45, 7) is 6.88. The summed E-state index contributed by atoms with van der Waals surface area (Å²) in [5.74, 6) is 1.11. The minimum Gasteiger partial charge on any atom is -0.316 e. The Morgan fingerprint density at radius 2 is 1.13 bits per heavy atom. The Balaban J connectivity index is 1.39. The van der Waals surface area contributed by atoms with Gasteiger partial charge in [-0.15, -0.1) is 0 Å². The molecule has 1 aliphatic heterocycles. The van der Waals surface area contributed by atoms with Crippen LogP contribution in [0.2, 0.25) is 0 Å². The molecule has 2 unspecified atom stereocenters. The van der Waals surface area contributed by atoms with E-state index >= 15 is 0 Å². The summed E-state index contributed by atoms with van der Waals surface area (Å²) in [6.07, 6.45) is 19.1. The second-order valence-electron chi connectivity index (χ2n) is 13.7. The predicted octanol–water partition coefficient (Wildman–Crippen LogP) is 12.8. The van der Waals surface area contributed by atoms with Gasteiger partial charge in [-0.25, -0.2) is 0 Å². The summed E-state index contributed by atoms with van der Waals surface area (Å²) < 4.78 is 0. The molecule has 2 nitrogen and oxygen atoms in total. The van der Waals surface area contributed by atoms with E-state index in [1.54, 1.807) is 11.3 Å². The van der Waals surface area contributed by atoms with E-state index in [4.69, 9.17) is 4.99 Å². The van der Waals surface area contributed by atoms with Crippen molar-refractivity contribution < 1.29 is 0 Å². The molecular formula is C43H54N2S. The molecule has 1 aliphatic carbocycles. The average molecular weight is 631 g/mol. The number of amidine groups is 1. The molecular weight excluding hydrogens is 577 g/mol. The standard InChI is InChI=1S/C43H54N2S/c1-4-7-10-13-16-32-19-23-36(24-20-32)45-42-38-26-22-34(18-15-12-9-6-3)30-40(38)39-29-33(17-14-11-8-5-2)21-25-37(39)41(42)44-43(45)35-27-28-46-31-35/h19-31,41-42H,4-18H2,1-3H3. The summed E-state index contributed by atoms with van der Waals surface area (Å²) in [5.41, 5.74) is 12.5. The summed E-state index contributed by atoms with van der Waals surface area (Å²) in [6, 6.07) is 26.7. The molecule has 0 radical (unpaired) electrons. The van der Waals surface area contributed by atoms with Crippen LogP contribution in [-0.4, -0.2) is 5.84 Å². The van der Waals surface area contributed by atoms with Crippen molar-refractivity contribution in [3.8, 4) is 11.1 Å². The van der Waals surface area contributed by atoms with Crippen LogP contribution in [0, 0.1) is 0 Å². The van der Waals surface area contributed by atoms with Gasteiger partial charge in [-0.3, -0.25) is 4.99 Å². The Morgan fingerprint density at radius 3 is 1.70 bits per heavy atom. The van der Waals surface area contributed by atoms with E-state index in [-0.39, 0.29) is 12.1 Å². The van der Waals surface area contributed by atoms with Gasteiger partial charge in [-0.2, -0.15) is 11.3 Å². The van der Waals surface area contributed by atoms with Crippen molar-refractivity contribution in [2.45, 2.75) is 129 Å². The second-order valence-corrected chi connectivity index (χ2v) is 14.4. The molecule has 0 amide bonds. The first-order valence-electron chi connectivity index (χ1n) is 18.5. The quantitative estimate of drug-likeness (QED) is 0.106. The van der Waals surface area contributed by atoms with Crippen molar-refractivity contribution in [3.63, 3.8) is 0 Å². The number of fused-ring (bicyclic) bond motifs is 6. The summed E-state index contributed by atoms with van der Waals surface area (Å²) in [4.78, 5) is 8.17. The second kappa shape index (κ2) is 16.1. The van der Waals surface area contributed by atoms with Crippen molar-refractivity contribution in [3.05, 3.63) is 111 Å². The van der Waals surface area contributed by atoms with Gasteiger partial charge in [-0.1, -0.05) is 127 Å².